The van der Waals surface area contributed by atoms with Crippen LogP contribution in [0.15, 0.2) is 48.6 Å². The van der Waals surface area contributed by atoms with E-state index in [4.69, 9.17) is 9.47 Å². The maximum atomic E-state index is 12.2. The zero-order valence-corrected chi connectivity index (χ0v) is 32.9. The predicted molar refractivity (Wildman–Crippen MR) is 214 cm³/mol. The zero-order chi connectivity index (χ0) is 36.4. The molecule has 0 saturated carbocycles. The first-order chi connectivity index (χ1) is 24.6. The van der Waals surface area contributed by atoms with Crippen molar-refractivity contribution in [2.24, 2.45) is 0 Å². The molecule has 0 aromatic carbocycles. The van der Waals surface area contributed by atoms with Gasteiger partial charge in [-0.15, -0.1) is 0 Å². The number of hydrogen-bond donors (Lipinski definition) is 1. The minimum Gasteiger partial charge on any atom is -0.462 e. The summed E-state index contributed by atoms with van der Waals surface area (Å²) in [6.07, 6.45) is 51.9. The van der Waals surface area contributed by atoms with E-state index in [-0.39, 0.29) is 25.2 Å². The summed E-state index contributed by atoms with van der Waals surface area (Å²) in [6, 6.07) is 0. The molecular weight excluding hydrogens is 620 g/mol. The average molecular weight is 701 g/mol. The van der Waals surface area contributed by atoms with Crippen LogP contribution in [0.3, 0.4) is 0 Å². The molecule has 5 heteroatoms. The maximum Gasteiger partial charge on any atom is 0.306 e. The van der Waals surface area contributed by atoms with E-state index in [1.807, 2.05) is 0 Å². The normalized spacial score (nSPS) is 12.6. The molecule has 0 amide bonds. The van der Waals surface area contributed by atoms with Crippen LogP contribution in [0.1, 0.15) is 206 Å². The molecule has 0 unspecified atom stereocenters. The highest BCUT2D eigenvalue weighted by molar-refractivity contribution is 5.70. The van der Waals surface area contributed by atoms with Crippen LogP contribution in [0.2, 0.25) is 0 Å². The SMILES string of the molecule is CC/C=C/C/C=C/C/C=C/C/C=C/CCCCC(=O)O[C@@H](CO)COC(=O)CCCCCCCCCCCCCCCCCCCCCCC. The van der Waals surface area contributed by atoms with Gasteiger partial charge in [-0.2, -0.15) is 0 Å². The summed E-state index contributed by atoms with van der Waals surface area (Å²) in [5, 5.41) is 9.56. The number of rotatable bonds is 38. The first kappa shape index (κ1) is 47.9. The highest BCUT2D eigenvalue weighted by Crippen LogP contribution is 2.15. The Kier molecular flexibility index (Phi) is 39.5. The Labute approximate surface area is 309 Å². The van der Waals surface area contributed by atoms with Gasteiger partial charge in [0.1, 0.15) is 6.61 Å². The average Bonchev–Trinajstić information content (AvgIpc) is 3.12. The molecular formula is C45H80O5. The fourth-order valence-corrected chi connectivity index (χ4v) is 5.96. The van der Waals surface area contributed by atoms with E-state index in [2.05, 4.69) is 62.5 Å². The molecule has 0 bridgehead atoms. The lowest BCUT2D eigenvalue weighted by atomic mass is 10.0. The molecule has 0 fully saturated rings. The molecule has 1 atom stereocenters. The molecule has 0 heterocycles. The quantitative estimate of drug-likeness (QED) is 0.0394. The summed E-state index contributed by atoms with van der Waals surface area (Å²) in [5.41, 5.74) is 0. The van der Waals surface area contributed by atoms with E-state index in [0.29, 0.717) is 12.8 Å². The third-order valence-electron chi connectivity index (χ3n) is 9.14. The van der Waals surface area contributed by atoms with E-state index in [9.17, 15) is 14.7 Å². The van der Waals surface area contributed by atoms with Crippen LogP contribution < -0.4 is 0 Å². The van der Waals surface area contributed by atoms with Crippen LogP contribution in [-0.2, 0) is 19.1 Å². The van der Waals surface area contributed by atoms with Gasteiger partial charge >= 0.3 is 11.9 Å². The summed E-state index contributed by atoms with van der Waals surface area (Å²) in [6.45, 7) is 4.00. The van der Waals surface area contributed by atoms with E-state index in [1.165, 1.54) is 116 Å². The Balaban J connectivity index is 3.55. The number of hydrogen-bond acceptors (Lipinski definition) is 5. The van der Waals surface area contributed by atoms with E-state index in [0.717, 1.165) is 64.2 Å². The molecule has 0 radical (unpaired) electrons. The molecule has 0 aromatic heterocycles. The second-order valence-corrected chi connectivity index (χ2v) is 14.0. The lowest BCUT2D eigenvalue weighted by Crippen LogP contribution is -2.28. The molecule has 290 valence electrons. The predicted octanol–water partition coefficient (Wildman–Crippen LogP) is 13.4. The number of aliphatic hydroxyl groups excluding tert-OH is 1. The van der Waals surface area contributed by atoms with Gasteiger partial charge in [0.25, 0.3) is 0 Å². The number of carbonyl (C=O) groups excluding carboxylic acids is 2. The molecule has 1 N–H and O–H groups in total. The molecule has 0 aliphatic carbocycles. The molecule has 0 rings (SSSR count). The largest absolute Gasteiger partial charge is 0.462 e. The van der Waals surface area contributed by atoms with Gasteiger partial charge in [0.2, 0.25) is 0 Å². The Bertz CT molecular complexity index is 842. The summed E-state index contributed by atoms with van der Waals surface area (Å²) in [5.74, 6) is -0.634. The number of allylic oxidation sites excluding steroid dienone is 8. The van der Waals surface area contributed by atoms with Crippen molar-refractivity contribution in [1.29, 1.82) is 0 Å². The Morgan fingerprint density at radius 1 is 0.480 bits per heavy atom. The molecule has 0 aliphatic heterocycles. The van der Waals surface area contributed by atoms with Crippen LogP contribution >= 0.6 is 0 Å². The van der Waals surface area contributed by atoms with Gasteiger partial charge in [-0.3, -0.25) is 9.59 Å². The second-order valence-electron chi connectivity index (χ2n) is 14.0. The van der Waals surface area contributed by atoms with E-state index in [1.54, 1.807) is 0 Å². The highest BCUT2D eigenvalue weighted by atomic mass is 16.6. The van der Waals surface area contributed by atoms with Gasteiger partial charge in [-0.1, -0.05) is 191 Å². The summed E-state index contributed by atoms with van der Waals surface area (Å²) >= 11 is 0. The Hall–Kier alpha value is -2.14. The smallest absolute Gasteiger partial charge is 0.306 e. The molecule has 0 spiro atoms. The summed E-state index contributed by atoms with van der Waals surface area (Å²) in [4.78, 5) is 24.3. The van der Waals surface area contributed by atoms with Crippen LogP contribution in [0.5, 0.6) is 0 Å². The van der Waals surface area contributed by atoms with E-state index >= 15 is 0 Å². The van der Waals surface area contributed by atoms with Gasteiger partial charge in [0.05, 0.1) is 6.61 Å². The lowest BCUT2D eigenvalue weighted by molar-refractivity contribution is -0.161. The minimum absolute atomic E-state index is 0.0811. The number of carbonyl (C=O) groups is 2. The molecule has 0 aliphatic rings. The van der Waals surface area contributed by atoms with Crippen molar-refractivity contribution < 1.29 is 24.2 Å². The minimum atomic E-state index is -0.791. The fraction of sp³-hybridized carbons (Fsp3) is 0.778. The van der Waals surface area contributed by atoms with Crippen LogP contribution in [-0.4, -0.2) is 36.4 Å². The van der Waals surface area contributed by atoms with E-state index < -0.39 is 6.10 Å². The monoisotopic (exact) mass is 701 g/mol. The Morgan fingerprint density at radius 2 is 0.860 bits per heavy atom. The van der Waals surface area contributed by atoms with Crippen molar-refractivity contribution in [3.05, 3.63) is 48.6 Å². The molecule has 5 nitrogen and oxygen atoms in total. The first-order valence-electron chi connectivity index (χ1n) is 21.2. The number of ether oxygens (including phenoxy) is 2. The highest BCUT2D eigenvalue weighted by Gasteiger charge is 2.16. The maximum absolute atomic E-state index is 12.2. The summed E-state index contributed by atoms with van der Waals surface area (Å²) < 4.78 is 10.6. The van der Waals surface area contributed by atoms with Crippen molar-refractivity contribution in [3.63, 3.8) is 0 Å². The van der Waals surface area contributed by atoms with Crippen molar-refractivity contribution >= 4 is 11.9 Å². The molecule has 0 saturated heterocycles. The number of unbranched alkanes of at least 4 members (excludes halogenated alkanes) is 22. The summed E-state index contributed by atoms with van der Waals surface area (Å²) in [7, 11) is 0. The van der Waals surface area contributed by atoms with Gasteiger partial charge in [-0.25, -0.2) is 0 Å². The van der Waals surface area contributed by atoms with Gasteiger partial charge in [0, 0.05) is 12.8 Å². The van der Waals surface area contributed by atoms with Crippen LogP contribution in [0, 0.1) is 0 Å². The third-order valence-corrected chi connectivity index (χ3v) is 9.14. The van der Waals surface area contributed by atoms with Crippen molar-refractivity contribution in [2.75, 3.05) is 13.2 Å². The van der Waals surface area contributed by atoms with Crippen molar-refractivity contribution in [3.8, 4) is 0 Å². The topological polar surface area (TPSA) is 72.8 Å². The second kappa shape index (κ2) is 41.3. The van der Waals surface area contributed by atoms with Gasteiger partial charge < -0.3 is 14.6 Å². The standard InChI is InChI=1S/C45H80O5/c1-3-5-7-9-11-13-15-17-19-20-21-22-23-24-26-27-29-31-33-35-37-39-44(47)49-42-43(41-46)50-45(48)40-38-36-34-32-30-28-25-18-16-14-12-10-8-6-4-2/h6,8,12,14,18,25,30,32,43,46H,3-5,7,9-11,13,15-17,19-24,26-29,31,33-42H2,1-2H3/b8-6+,14-12+,25-18+,32-30+/t43-/m0/s1. The molecule has 50 heavy (non-hydrogen) atoms. The van der Waals surface area contributed by atoms with Gasteiger partial charge in [0.15, 0.2) is 6.10 Å². The lowest BCUT2D eigenvalue weighted by Gasteiger charge is -2.15. The first-order valence-corrected chi connectivity index (χ1v) is 21.2. The number of esters is 2. The molecule has 0 aromatic rings. The Morgan fingerprint density at radius 3 is 1.30 bits per heavy atom. The van der Waals surface area contributed by atoms with Crippen molar-refractivity contribution in [1.82, 2.24) is 0 Å². The van der Waals surface area contributed by atoms with Crippen LogP contribution in [0.25, 0.3) is 0 Å². The third kappa shape index (κ3) is 38.7. The fourth-order valence-electron chi connectivity index (χ4n) is 5.96. The zero-order valence-electron chi connectivity index (χ0n) is 32.9. The van der Waals surface area contributed by atoms with Crippen molar-refractivity contribution in [2.45, 2.75) is 213 Å². The van der Waals surface area contributed by atoms with Gasteiger partial charge in [-0.05, 0) is 51.4 Å². The van der Waals surface area contributed by atoms with Crippen LogP contribution in [0.4, 0.5) is 0 Å². The number of aliphatic hydroxyl groups is 1.